The average Bonchev–Trinajstić information content (AvgIpc) is 3.33. The van der Waals surface area contributed by atoms with Crippen molar-refractivity contribution < 1.29 is 14.4 Å². The van der Waals surface area contributed by atoms with Crippen LogP contribution in [0.3, 0.4) is 0 Å². The molecule has 0 aromatic heterocycles. The summed E-state index contributed by atoms with van der Waals surface area (Å²) in [6, 6.07) is 16.8. The fourth-order valence-electron chi connectivity index (χ4n) is 4.98. The maximum absolute atomic E-state index is 12.5. The Morgan fingerprint density at radius 3 is 2.28 bits per heavy atom. The first-order chi connectivity index (χ1) is 15.6. The third kappa shape index (κ3) is 3.93. The summed E-state index contributed by atoms with van der Waals surface area (Å²) in [5, 5.41) is 2.84. The molecule has 2 aromatic carbocycles. The van der Waals surface area contributed by atoms with Crippen molar-refractivity contribution in [3.05, 3.63) is 77.4 Å². The third-order valence-electron chi connectivity index (χ3n) is 6.77. The van der Waals surface area contributed by atoms with Crippen LogP contribution >= 0.6 is 0 Å². The Morgan fingerprint density at radius 2 is 1.56 bits per heavy atom. The first-order valence-electron chi connectivity index (χ1n) is 11.3. The summed E-state index contributed by atoms with van der Waals surface area (Å²) in [7, 11) is 0. The van der Waals surface area contributed by atoms with E-state index in [0.717, 1.165) is 30.0 Å². The van der Waals surface area contributed by atoms with Gasteiger partial charge in [-0.2, -0.15) is 0 Å². The van der Waals surface area contributed by atoms with Crippen molar-refractivity contribution in [2.45, 2.75) is 32.4 Å². The predicted molar refractivity (Wildman–Crippen MR) is 122 cm³/mol. The first kappa shape index (κ1) is 20.5. The van der Waals surface area contributed by atoms with Gasteiger partial charge in [-0.3, -0.25) is 19.3 Å². The van der Waals surface area contributed by atoms with E-state index in [1.54, 1.807) is 0 Å². The van der Waals surface area contributed by atoms with Gasteiger partial charge in [0.1, 0.15) is 6.54 Å². The highest BCUT2D eigenvalue weighted by Gasteiger charge is 2.47. The second-order valence-electron chi connectivity index (χ2n) is 8.81. The van der Waals surface area contributed by atoms with Crippen molar-refractivity contribution in [3.8, 4) is 0 Å². The highest BCUT2D eigenvalue weighted by Crippen LogP contribution is 2.34. The molecule has 0 bridgehead atoms. The number of carbonyl (C=O) groups excluding carboxylic acids is 3. The molecule has 3 amide bonds. The number of rotatable bonds is 6. The third-order valence-corrected chi connectivity index (χ3v) is 6.77. The van der Waals surface area contributed by atoms with E-state index in [0.29, 0.717) is 19.4 Å². The van der Waals surface area contributed by atoms with Crippen LogP contribution in [0.25, 0.3) is 0 Å². The van der Waals surface area contributed by atoms with Crippen molar-refractivity contribution in [3.63, 3.8) is 0 Å². The number of imide groups is 1. The number of carbonyl (C=O) groups is 3. The van der Waals surface area contributed by atoms with Crippen LogP contribution in [0.1, 0.15) is 29.5 Å². The summed E-state index contributed by atoms with van der Waals surface area (Å²) < 4.78 is 0. The smallest absolute Gasteiger partial charge is 0.240 e. The predicted octanol–water partition coefficient (Wildman–Crippen LogP) is 2.82. The molecule has 32 heavy (non-hydrogen) atoms. The lowest BCUT2D eigenvalue weighted by Crippen LogP contribution is -2.40. The standard InChI is InChI=1S/C26H27N3O3/c30-24(17-29-25(31)21-6-2-3-7-22(21)26(29)32)27-15-18-9-11-19(12-10-18)16-28-14-13-20-5-1-4-8-23(20)28/h1-5,8-12,21-22H,6-7,13-17H2,(H,27,30)/t21-,22-/m1/s1. The Labute approximate surface area is 187 Å². The molecule has 2 heterocycles. The van der Waals surface area contributed by atoms with Gasteiger partial charge in [0.2, 0.25) is 17.7 Å². The quantitative estimate of drug-likeness (QED) is 0.566. The molecule has 5 rings (SSSR count). The maximum atomic E-state index is 12.5. The minimum Gasteiger partial charge on any atom is -0.367 e. The van der Waals surface area contributed by atoms with Gasteiger partial charge in [0.15, 0.2) is 0 Å². The molecule has 0 radical (unpaired) electrons. The highest BCUT2D eigenvalue weighted by molar-refractivity contribution is 6.07. The second kappa shape index (κ2) is 8.61. The van der Waals surface area contributed by atoms with E-state index < -0.39 is 0 Å². The van der Waals surface area contributed by atoms with Crippen LogP contribution in [-0.2, 0) is 33.9 Å². The topological polar surface area (TPSA) is 69.7 Å². The highest BCUT2D eigenvalue weighted by atomic mass is 16.2. The maximum Gasteiger partial charge on any atom is 0.240 e. The number of nitrogens with one attached hydrogen (secondary N) is 1. The number of likely N-dealkylation sites (tertiary alicyclic amines) is 1. The van der Waals surface area contributed by atoms with Gasteiger partial charge in [0, 0.05) is 25.3 Å². The normalized spacial score (nSPS) is 21.6. The van der Waals surface area contributed by atoms with Gasteiger partial charge in [0.05, 0.1) is 11.8 Å². The first-order valence-corrected chi connectivity index (χ1v) is 11.3. The monoisotopic (exact) mass is 429 g/mol. The Bertz CT molecular complexity index is 1050. The van der Waals surface area contributed by atoms with E-state index in [4.69, 9.17) is 0 Å². The zero-order valence-electron chi connectivity index (χ0n) is 18.0. The fraction of sp³-hybridized carbons (Fsp3) is 0.346. The van der Waals surface area contributed by atoms with Crippen molar-refractivity contribution in [2.75, 3.05) is 18.0 Å². The number of nitrogens with zero attached hydrogens (tertiary/aromatic N) is 2. The number of para-hydroxylation sites is 1. The van der Waals surface area contributed by atoms with Crippen molar-refractivity contribution in [1.82, 2.24) is 10.2 Å². The molecule has 3 aliphatic rings. The summed E-state index contributed by atoms with van der Waals surface area (Å²) in [4.78, 5) is 40.9. The van der Waals surface area contributed by atoms with Crippen LogP contribution in [0.4, 0.5) is 5.69 Å². The molecular weight excluding hydrogens is 402 g/mol. The summed E-state index contributed by atoms with van der Waals surface area (Å²) in [6.07, 6.45) is 6.15. The molecule has 1 aliphatic carbocycles. The molecule has 0 saturated carbocycles. The average molecular weight is 430 g/mol. The van der Waals surface area contributed by atoms with E-state index >= 15 is 0 Å². The minimum atomic E-state index is -0.309. The SMILES string of the molecule is O=C(CN1C(=O)[C@@H]2CC=CC[C@H]2C1=O)NCc1ccc(CN2CCc3ccccc32)cc1. The largest absolute Gasteiger partial charge is 0.367 e. The summed E-state index contributed by atoms with van der Waals surface area (Å²) in [6.45, 7) is 2.07. The fourth-order valence-corrected chi connectivity index (χ4v) is 4.98. The van der Waals surface area contributed by atoms with E-state index in [2.05, 4.69) is 46.6 Å². The van der Waals surface area contributed by atoms with E-state index in [1.807, 2.05) is 24.3 Å². The number of benzene rings is 2. The molecule has 0 spiro atoms. The second-order valence-corrected chi connectivity index (χ2v) is 8.81. The van der Waals surface area contributed by atoms with E-state index in [1.165, 1.54) is 16.8 Å². The molecule has 6 heteroatoms. The number of fused-ring (bicyclic) bond motifs is 2. The van der Waals surface area contributed by atoms with E-state index in [-0.39, 0.29) is 36.1 Å². The lowest BCUT2D eigenvalue weighted by atomic mass is 9.85. The molecule has 164 valence electrons. The van der Waals surface area contributed by atoms with Crippen LogP contribution < -0.4 is 10.2 Å². The molecule has 2 aliphatic heterocycles. The molecule has 2 atom stereocenters. The van der Waals surface area contributed by atoms with Gasteiger partial charge in [0.25, 0.3) is 0 Å². The number of anilines is 1. The zero-order valence-corrected chi connectivity index (χ0v) is 18.0. The number of hydrogen-bond donors (Lipinski definition) is 1. The van der Waals surface area contributed by atoms with Gasteiger partial charge >= 0.3 is 0 Å². The van der Waals surface area contributed by atoms with Crippen LogP contribution in [0, 0.1) is 11.8 Å². The lowest BCUT2D eigenvalue weighted by molar-refractivity contribution is -0.143. The summed E-state index contributed by atoms with van der Waals surface area (Å²) in [5.41, 5.74) is 4.92. The Morgan fingerprint density at radius 1 is 0.906 bits per heavy atom. The van der Waals surface area contributed by atoms with Gasteiger partial charge < -0.3 is 10.2 Å². The number of hydrogen-bond acceptors (Lipinski definition) is 4. The van der Waals surface area contributed by atoms with Gasteiger partial charge in [-0.05, 0) is 42.0 Å². The molecule has 2 aromatic rings. The van der Waals surface area contributed by atoms with Gasteiger partial charge in [-0.25, -0.2) is 0 Å². The summed E-state index contributed by atoms with van der Waals surface area (Å²) in [5.74, 6) is -1.33. The number of amides is 3. The molecule has 6 nitrogen and oxygen atoms in total. The van der Waals surface area contributed by atoms with E-state index in [9.17, 15) is 14.4 Å². The molecule has 0 unspecified atom stereocenters. The Hall–Kier alpha value is -3.41. The van der Waals surface area contributed by atoms with Gasteiger partial charge in [-0.1, -0.05) is 54.6 Å². The van der Waals surface area contributed by atoms with Crippen molar-refractivity contribution in [2.24, 2.45) is 11.8 Å². The van der Waals surface area contributed by atoms with Crippen LogP contribution in [-0.4, -0.2) is 35.7 Å². The molecule has 1 saturated heterocycles. The molecule has 1 fully saturated rings. The molecular formula is C26H27N3O3. The minimum absolute atomic E-state index is 0.197. The summed E-state index contributed by atoms with van der Waals surface area (Å²) >= 11 is 0. The Balaban J connectivity index is 1.13. The number of allylic oxidation sites excluding steroid dienone is 2. The van der Waals surface area contributed by atoms with Crippen molar-refractivity contribution in [1.29, 1.82) is 0 Å². The van der Waals surface area contributed by atoms with Crippen molar-refractivity contribution >= 4 is 23.4 Å². The molecule has 1 N–H and O–H groups in total. The van der Waals surface area contributed by atoms with Gasteiger partial charge in [-0.15, -0.1) is 0 Å². The van der Waals surface area contributed by atoms with Crippen LogP contribution in [0.15, 0.2) is 60.7 Å². The lowest BCUT2D eigenvalue weighted by Gasteiger charge is -2.19. The van der Waals surface area contributed by atoms with Crippen LogP contribution in [0.5, 0.6) is 0 Å². The van der Waals surface area contributed by atoms with Crippen LogP contribution in [0.2, 0.25) is 0 Å². The Kier molecular flexibility index (Phi) is 5.52. The zero-order chi connectivity index (χ0) is 22.1.